The van der Waals surface area contributed by atoms with Crippen molar-refractivity contribution in [2.45, 2.75) is 24.7 Å². The smallest absolute Gasteiger partial charge is 0.265 e. The van der Waals surface area contributed by atoms with Gasteiger partial charge in [-0.15, -0.1) is 0 Å². The normalized spacial score (nSPS) is 15.6. The Labute approximate surface area is 155 Å². The third-order valence-electron chi connectivity index (χ3n) is 4.93. The highest BCUT2D eigenvalue weighted by molar-refractivity contribution is 7.71. The Kier molecular flexibility index (Phi) is 4.06. The maximum absolute atomic E-state index is 13.0. The predicted molar refractivity (Wildman–Crippen MR) is 99.7 cm³/mol. The molecule has 0 amide bonds. The molecule has 0 radical (unpaired) electrons. The second kappa shape index (κ2) is 6.24. The second-order valence-corrected chi connectivity index (χ2v) is 7.12. The quantitative estimate of drug-likeness (QED) is 0.677. The molecule has 0 unspecified atom stereocenters. The Morgan fingerprint density at radius 2 is 1.80 bits per heavy atom. The lowest BCUT2D eigenvalue weighted by Gasteiger charge is -2.41. The summed E-state index contributed by atoms with van der Waals surface area (Å²) in [5.74, 6) is 0.523. The van der Waals surface area contributed by atoms with Gasteiger partial charge in [0.1, 0.15) is 5.82 Å². The molecule has 3 aromatic rings. The molecule has 1 N–H and O–H groups in total. The summed E-state index contributed by atoms with van der Waals surface area (Å²) in [6, 6.07) is 16.9. The van der Waals surface area contributed by atoms with Crippen molar-refractivity contribution in [2.24, 2.45) is 0 Å². The third-order valence-corrected chi connectivity index (χ3v) is 5.45. The molecule has 1 fully saturated rings. The first kappa shape index (κ1) is 16.2. The molecule has 6 heteroatoms. The first-order chi connectivity index (χ1) is 12.1. The molecule has 0 atom stereocenters. The molecular formula is C19H16ClN3OS. The molecule has 1 aliphatic carbocycles. The molecule has 1 aliphatic rings. The van der Waals surface area contributed by atoms with E-state index >= 15 is 0 Å². The van der Waals surface area contributed by atoms with E-state index in [1.165, 1.54) is 0 Å². The molecule has 0 bridgehead atoms. The van der Waals surface area contributed by atoms with Crippen LogP contribution >= 0.6 is 23.8 Å². The highest BCUT2D eigenvalue weighted by atomic mass is 35.5. The monoisotopic (exact) mass is 369 g/mol. The minimum atomic E-state index is -0.303. The number of H-pyrrole nitrogens is 1. The molecule has 4 rings (SSSR count). The fourth-order valence-corrected chi connectivity index (χ4v) is 3.80. The predicted octanol–water partition coefficient (Wildman–Crippen LogP) is 4.75. The number of nitrogens with zero attached hydrogens (tertiary/aromatic N) is 2. The van der Waals surface area contributed by atoms with Gasteiger partial charge in [0, 0.05) is 10.6 Å². The van der Waals surface area contributed by atoms with Crippen molar-refractivity contribution in [1.82, 2.24) is 14.8 Å². The first-order valence-electron chi connectivity index (χ1n) is 8.15. The topological polar surface area (TPSA) is 50.7 Å². The highest BCUT2D eigenvalue weighted by Crippen LogP contribution is 2.48. The Morgan fingerprint density at radius 1 is 1.12 bits per heavy atom. The van der Waals surface area contributed by atoms with Gasteiger partial charge >= 0.3 is 0 Å². The van der Waals surface area contributed by atoms with Crippen LogP contribution in [0.4, 0.5) is 0 Å². The van der Waals surface area contributed by atoms with Crippen molar-refractivity contribution in [3.8, 4) is 0 Å². The van der Waals surface area contributed by atoms with E-state index in [-0.39, 0.29) is 11.3 Å². The maximum Gasteiger partial charge on any atom is 0.265 e. The largest absolute Gasteiger partial charge is 0.268 e. The zero-order valence-electron chi connectivity index (χ0n) is 13.4. The fourth-order valence-electron chi connectivity index (χ4n) is 3.46. The number of halogens is 1. The molecule has 2 aromatic carbocycles. The van der Waals surface area contributed by atoms with Crippen molar-refractivity contribution < 1.29 is 4.79 Å². The van der Waals surface area contributed by atoms with Crippen LogP contribution in [-0.2, 0) is 5.41 Å². The summed E-state index contributed by atoms with van der Waals surface area (Å²) in [6.45, 7) is 0. The van der Waals surface area contributed by atoms with Gasteiger partial charge in [-0.2, -0.15) is 5.10 Å². The van der Waals surface area contributed by atoms with Crippen LogP contribution in [0.2, 0.25) is 5.02 Å². The van der Waals surface area contributed by atoms with Gasteiger partial charge in [0.15, 0.2) is 0 Å². The number of rotatable bonds is 3. The minimum Gasteiger partial charge on any atom is -0.268 e. The van der Waals surface area contributed by atoms with E-state index < -0.39 is 0 Å². The molecule has 0 spiro atoms. The van der Waals surface area contributed by atoms with E-state index in [4.69, 9.17) is 23.8 Å². The van der Waals surface area contributed by atoms with Crippen LogP contribution in [0.5, 0.6) is 0 Å². The molecule has 126 valence electrons. The van der Waals surface area contributed by atoms with Crippen LogP contribution in [-0.4, -0.2) is 20.7 Å². The van der Waals surface area contributed by atoms with E-state index in [0.29, 0.717) is 21.2 Å². The van der Waals surface area contributed by atoms with Crippen molar-refractivity contribution in [1.29, 1.82) is 0 Å². The number of hydrogen-bond donors (Lipinski definition) is 1. The lowest BCUT2D eigenvalue weighted by Crippen LogP contribution is -2.39. The van der Waals surface area contributed by atoms with Gasteiger partial charge < -0.3 is 0 Å². The van der Waals surface area contributed by atoms with Gasteiger partial charge in [0.05, 0.1) is 5.41 Å². The Balaban J connectivity index is 1.85. The summed E-state index contributed by atoms with van der Waals surface area (Å²) in [5, 5.41) is 7.95. The van der Waals surface area contributed by atoms with Crippen LogP contribution in [0.15, 0.2) is 54.6 Å². The minimum absolute atomic E-state index is 0.158. The number of aromatic amines is 1. The SMILES string of the molecule is O=C(c1ccccc1)n1c(C2(c3ccc(Cl)cc3)CCC2)n[nH]c1=S. The van der Waals surface area contributed by atoms with Crippen LogP contribution in [0.1, 0.15) is 41.0 Å². The number of hydrogen-bond acceptors (Lipinski definition) is 3. The first-order valence-corrected chi connectivity index (χ1v) is 8.94. The average molecular weight is 370 g/mol. The molecule has 4 nitrogen and oxygen atoms in total. The van der Waals surface area contributed by atoms with E-state index in [0.717, 1.165) is 24.8 Å². The van der Waals surface area contributed by atoms with Gasteiger partial charge in [-0.1, -0.05) is 48.4 Å². The maximum atomic E-state index is 13.0. The van der Waals surface area contributed by atoms with Crippen molar-refractivity contribution in [2.75, 3.05) is 0 Å². The Bertz CT molecular complexity index is 972. The zero-order chi connectivity index (χ0) is 17.4. The average Bonchev–Trinajstić information content (AvgIpc) is 2.97. The molecule has 0 saturated heterocycles. The lowest BCUT2D eigenvalue weighted by atomic mass is 9.64. The number of carbonyl (C=O) groups excluding carboxylic acids is 1. The van der Waals surface area contributed by atoms with Gasteiger partial charge in [0.2, 0.25) is 4.77 Å². The fraction of sp³-hybridized carbons (Fsp3) is 0.211. The second-order valence-electron chi connectivity index (χ2n) is 6.30. The van der Waals surface area contributed by atoms with Crippen molar-refractivity contribution in [3.63, 3.8) is 0 Å². The number of carbonyl (C=O) groups is 1. The molecule has 0 aliphatic heterocycles. The Hall–Kier alpha value is -2.24. The standard InChI is InChI=1S/C19H16ClN3OS/c20-15-9-7-14(8-10-15)19(11-4-12-19)17-21-22-18(25)23(17)16(24)13-5-2-1-3-6-13/h1-3,5-10H,4,11-12H2,(H,22,25). The van der Waals surface area contributed by atoms with E-state index in [1.807, 2.05) is 42.5 Å². The summed E-state index contributed by atoms with van der Waals surface area (Å²) in [4.78, 5) is 13.0. The zero-order valence-corrected chi connectivity index (χ0v) is 15.0. The van der Waals surface area contributed by atoms with Gasteiger partial charge in [-0.05, 0) is 54.9 Å². The van der Waals surface area contributed by atoms with E-state index in [1.54, 1.807) is 16.7 Å². The molecular weight excluding hydrogens is 354 g/mol. The summed E-state index contributed by atoms with van der Waals surface area (Å²) in [6.07, 6.45) is 2.94. The van der Waals surface area contributed by atoms with Crippen molar-refractivity contribution >= 4 is 29.7 Å². The lowest BCUT2D eigenvalue weighted by molar-refractivity contribution is 0.0945. The summed E-state index contributed by atoms with van der Waals surface area (Å²) in [5.41, 5.74) is 1.40. The summed E-state index contributed by atoms with van der Waals surface area (Å²) < 4.78 is 1.86. The Morgan fingerprint density at radius 3 is 2.40 bits per heavy atom. The summed E-state index contributed by atoms with van der Waals surface area (Å²) >= 11 is 11.4. The number of nitrogens with one attached hydrogen (secondary N) is 1. The van der Waals surface area contributed by atoms with Gasteiger partial charge in [-0.3, -0.25) is 9.89 Å². The van der Waals surface area contributed by atoms with Crippen LogP contribution in [0, 0.1) is 4.77 Å². The van der Waals surface area contributed by atoms with Crippen LogP contribution in [0.3, 0.4) is 0 Å². The van der Waals surface area contributed by atoms with Gasteiger partial charge in [0.25, 0.3) is 5.91 Å². The van der Waals surface area contributed by atoms with Crippen LogP contribution in [0.25, 0.3) is 0 Å². The van der Waals surface area contributed by atoms with E-state index in [9.17, 15) is 4.79 Å². The van der Waals surface area contributed by atoms with Gasteiger partial charge in [-0.25, -0.2) is 4.57 Å². The number of aromatic nitrogens is 3. The number of benzene rings is 2. The summed E-state index contributed by atoms with van der Waals surface area (Å²) in [7, 11) is 0. The molecule has 25 heavy (non-hydrogen) atoms. The molecule has 1 heterocycles. The molecule has 1 aromatic heterocycles. The molecule has 1 saturated carbocycles. The van der Waals surface area contributed by atoms with Crippen molar-refractivity contribution in [3.05, 3.63) is 81.3 Å². The highest BCUT2D eigenvalue weighted by Gasteiger charge is 2.45. The van der Waals surface area contributed by atoms with E-state index in [2.05, 4.69) is 10.2 Å². The van der Waals surface area contributed by atoms with Crippen LogP contribution < -0.4 is 0 Å². The third kappa shape index (κ3) is 2.64.